The quantitative estimate of drug-likeness (QED) is 0.806. The van der Waals surface area contributed by atoms with Crippen LogP contribution in [0.25, 0.3) is 0 Å². The molecule has 0 heterocycles. The Balaban J connectivity index is 2.16. The summed E-state index contributed by atoms with van der Waals surface area (Å²) in [6.45, 7) is 8.56. The molecule has 0 saturated heterocycles. The molecule has 0 atom stereocenters. The second kappa shape index (κ2) is 8.47. The second-order valence-corrected chi connectivity index (χ2v) is 6.28. The molecule has 0 spiro atoms. The lowest BCUT2D eigenvalue weighted by molar-refractivity contribution is -0.134. The minimum Gasteiger partial charge on any atom is -0.329 e. The molecule has 132 valence electrons. The summed E-state index contributed by atoms with van der Waals surface area (Å²) in [5.74, 6) is -0.172. The fraction of sp³-hybridized carbons (Fsp3) is 0.333. The summed E-state index contributed by atoms with van der Waals surface area (Å²) < 4.78 is 0. The Hall–Kier alpha value is -2.62. The Morgan fingerprint density at radius 1 is 1.00 bits per heavy atom. The Kier molecular flexibility index (Phi) is 6.34. The van der Waals surface area contributed by atoms with Gasteiger partial charge in [0.1, 0.15) is 6.54 Å². The number of carbonyl (C=O) groups is 2. The Morgan fingerprint density at radius 2 is 1.72 bits per heavy atom. The van der Waals surface area contributed by atoms with Gasteiger partial charge in [-0.15, -0.1) is 0 Å². The summed E-state index contributed by atoms with van der Waals surface area (Å²) in [6.07, 6.45) is 0. The van der Waals surface area contributed by atoms with Crippen LogP contribution in [0, 0.1) is 13.8 Å². The van der Waals surface area contributed by atoms with Crippen LogP contribution in [-0.4, -0.2) is 29.8 Å². The lowest BCUT2D eigenvalue weighted by Crippen LogP contribution is -2.42. The highest BCUT2D eigenvalue weighted by Gasteiger charge is 2.20. The summed E-state index contributed by atoms with van der Waals surface area (Å²) in [5.41, 5.74) is 4.15. The van der Waals surface area contributed by atoms with E-state index in [-0.39, 0.29) is 18.4 Å². The van der Waals surface area contributed by atoms with Crippen molar-refractivity contribution in [1.82, 2.24) is 4.90 Å². The highest BCUT2D eigenvalue weighted by Crippen LogP contribution is 2.17. The predicted molar refractivity (Wildman–Crippen MR) is 101 cm³/mol. The van der Waals surface area contributed by atoms with Gasteiger partial charge in [-0.25, -0.2) is 0 Å². The molecule has 0 saturated carbocycles. The number of anilines is 1. The van der Waals surface area contributed by atoms with Gasteiger partial charge in [-0.05, 0) is 49.6 Å². The third-order valence-electron chi connectivity index (χ3n) is 4.32. The molecule has 4 nitrogen and oxygen atoms in total. The van der Waals surface area contributed by atoms with E-state index < -0.39 is 0 Å². The molecule has 0 aliphatic rings. The number of carbonyl (C=O) groups excluding carboxylic acids is 2. The molecule has 2 aromatic rings. The van der Waals surface area contributed by atoms with Crippen molar-refractivity contribution in [3.63, 3.8) is 0 Å². The van der Waals surface area contributed by atoms with Crippen molar-refractivity contribution in [3.05, 3.63) is 65.2 Å². The molecule has 0 aliphatic heterocycles. The van der Waals surface area contributed by atoms with Crippen molar-refractivity contribution >= 4 is 17.5 Å². The van der Waals surface area contributed by atoms with Crippen molar-refractivity contribution < 1.29 is 9.59 Å². The number of hydrogen-bond donors (Lipinski definition) is 0. The molecule has 25 heavy (non-hydrogen) atoms. The molecule has 0 fully saturated rings. The summed E-state index contributed by atoms with van der Waals surface area (Å²) in [6, 6.07) is 15.8. The van der Waals surface area contributed by atoms with Gasteiger partial charge in [-0.1, -0.05) is 36.4 Å². The first kappa shape index (κ1) is 18.7. The number of rotatable bonds is 6. The molecule has 0 N–H and O–H groups in total. The van der Waals surface area contributed by atoms with Crippen molar-refractivity contribution in [1.29, 1.82) is 0 Å². The first-order valence-electron chi connectivity index (χ1n) is 8.59. The van der Waals surface area contributed by atoms with Crippen LogP contribution in [0.5, 0.6) is 0 Å². The van der Waals surface area contributed by atoms with Crippen LogP contribution < -0.4 is 4.90 Å². The fourth-order valence-electron chi connectivity index (χ4n) is 2.82. The number of likely N-dealkylation sites (N-methyl/N-ethyl adjacent to an activating group) is 1. The highest BCUT2D eigenvalue weighted by atomic mass is 16.2. The zero-order valence-corrected chi connectivity index (χ0v) is 15.5. The van der Waals surface area contributed by atoms with Crippen LogP contribution in [0.1, 0.15) is 30.5 Å². The van der Waals surface area contributed by atoms with Crippen LogP contribution >= 0.6 is 0 Å². The molecule has 2 aromatic carbocycles. The topological polar surface area (TPSA) is 40.6 Å². The predicted octanol–water partition coefficient (Wildman–Crippen LogP) is 3.71. The normalized spacial score (nSPS) is 10.4. The smallest absolute Gasteiger partial charge is 0.246 e. The van der Waals surface area contributed by atoms with Crippen molar-refractivity contribution in [2.24, 2.45) is 0 Å². The van der Waals surface area contributed by atoms with Crippen molar-refractivity contribution in [2.45, 2.75) is 34.2 Å². The molecule has 0 aromatic heterocycles. The van der Waals surface area contributed by atoms with E-state index in [9.17, 15) is 9.59 Å². The van der Waals surface area contributed by atoms with Crippen LogP contribution in [0.2, 0.25) is 0 Å². The SMILES string of the molecule is CCN(C(=O)CN(Cc1ccccc1C)C(C)=O)c1cccc(C)c1. The molecule has 0 unspecified atom stereocenters. The molecule has 4 heteroatoms. The third-order valence-corrected chi connectivity index (χ3v) is 4.32. The molecular weight excluding hydrogens is 312 g/mol. The van der Waals surface area contributed by atoms with Crippen molar-refractivity contribution in [2.75, 3.05) is 18.0 Å². The van der Waals surface area contributed by atoms with Gasteiger partial charge < -0.3 is 9.80 Å². The number of nitrogens with zero attached hydrogens (tertiary/aromatic N) is 2. The first-order valence-corrected chi connectivity index (χ1v) is 8.59. The fourth-order valence-corrected chi connectivity index (χ4v) is 2.82. The summed E-state index contributed by atoms with van der Waals surface area (Å²) in [7, 11) is 0. The molecule has 0 aliphatic carbocycles. The van der Waals surface area contributed by atoms with Gasteiger partial charge in [0.05, 0.1) is 0 Å². The lowest BCUT2D eigenvalue weighted by Gasteiger charge is -2.27. The molecule has 2 amide bonds. The largest absolute Gasteiger partial charge is 0.329 e. The lowest BCUT2D eigenvalue weighted by atomic mass is 10.1. The maximum absolute atomic E-state index is 12.8. The number of amides is 2. The van der Waals surface area contributed by atoms with E-state index >= 15 is 0 Å². The van der Waals surface area contributed by atoms with Crippen LogP contribution in [0.15, 0.2) is 48.5 Å². The summed E-state index contributed by atoms with van der Waals surface area (Å²) in [5, 5.41) is 0. The molecule has 0 radical (unpaired) electrons. The van der Waals surface area contributed by atoms with Gasteiger partial charge in [0.15, 0.2) is 0 Å². The number of hydrogen-bond acceptors (Lipinski definition) is 2. The number of aryl methyl sites for hydroxylation is 2. The molecule has 2 rings (SSSR count). The average Bonchev–Trinajstić information content (AvgIpc) is 2.57. The van der Waals surface area contributed by atoms with E-state index in [1.807, 2.05) is 69.3 Å². The Labute approximate surface area is 150 Å². The van der Waals surface area contributed by atoms with E-state index in [1.165, 1.54) is 6.92 Å². The van der Waals surface area contributed by atoms with Gasteiger partial charge in [-0.3, -0.25) is 9.59 Å². The Bertz CT molecular complexity index is 755. The minimum atomic E-state index is -0.100. The zero-order chi connectivity index (χ0) is 18.4. The summed E-state index contributed by atoms with van der Waals surface area (Å²) >= 11 is 0. The maximum Gasteiger partial charge on any atom is 0.246 e. The Morgan fingerprint density at radius 3 is 2.32 bits per heavy atom. The average molecular weight is 338 g/mol. The second-order valence-electron chi connectivity index (χ2n) is 6.28. The van der Waals surface area contributed by atoms with E-state index in [2.05, 4.69) is 0 Å². The summed E-state index contributed by atoms with van der Waals surface area (Å²) in [4.78, 5) is 28.2. The van der Waals surface area contributed by atoms with E-state index in [0.29, 0.717) is 13.1 Å². The third kappa shape index (κ3) is 4.92. The first-order chi connectivity index (χ1) is 11.9. The minimum absolute atomic E-state index is 0.0723. The van der Waals surface area contributed by atoms with E-state index in [4.69, 9.17) is 0 Å². The van der Waals surface area contributed by atoms with Crippen LogP contribution in [0.4, 0.5) is 5.69 Å². The number of benzene rings is 2. The molecular formula is C21H26N2O2. The van der Waals surface area contributed by atoms with Gasteiger partial charge >= 0.3 is 0 Å². The van der Waals surface area contributed by atoms with Crippen molar-refractivity contribution in [3.8, 4) is 0 Å². The van der Waals surface area contributed by atoms with Gasteiger partial charge in [0, 0.05) is 25.7 Å². The highest BCUT2D eigenvalue weighted by molar-refractivity contribution is 5.96. The van der Waals surface area contributed by atoms with Gasteiger partial charge in [-0.2, -0.15) is 0 Å². The maximum atomic E-state index is 12.8. The van der Waals surface area contributed by atoms with Crippen LogP contribution in [0.3, 0.4) is 0 Å². The van der Waals surface area contributed by atoms with Gasteiger partial charge in [0.2, 0.25) is 11.8 Å². The van der Waals surface area contributed by atoms with Gasteiger partial charge in [0.25, 0.3) is 0 Å². The van der Waals surface area contributed by atoms with E-state index in [0.717, 1.165) is 22.4 Å². The van der Waals surface area contributed by atoms with Crippen LogP contribution in [-0.2, 0) is 16.1 Å². The molecule has 0 bridgehead atoms. The zero-order valence-electron chi connectivity index (χ0n) is 15.5. The monoisotopic (exact) mass is 338 g/mol. The standard InChI is InChI=1S/C21H26N2O2/c1-5-23(20-12-8-9-16(2)13-20)21(25)15-22(18(4)24)14-19-11-7-6-10-17(19)3/h6-13H,5,14-15H2,1-4H3. The van der Waals surface area contributed by atoms with E-state index in [1.54, 1.807) is 9.80 Å².